The van der Waals surface area contributed by atoms with Crippen LogP contribution in [0.4, 0.5) is 13.2 Å². The molecule has 0 atom stereocenters. The van der Waals surface area contributed by atoms with Gasteiger partial charge in [0, 0.05) is 4.47 Å². The fourth-order valence-electron chi connectivity index (χ4n) is 1.82. The third kappa shape index (κ3) is 7.50. The predicted molar refractivity (Wildman–Crippen MR) is 95.7 cm³/mol. The fourth-order valence-corrected chi connectivity index (χ4v) is 3.13. The van der Waals surface area contributed by atoms with E-state index in [1.54, 1.807) is 18.2 Å². The lowest BCUT2D eigenvalue weighted by atomic mass is 10.3. The first-order chi connectivity index (χ1) is 12.7. The predicted octanol–water partition coefficient (Wildman–Crippen LogP) is 3.71. The van der Waals surface area contributed by atoms with Gasteiger partial charge in [-0.1, -0.05) is 33.8 Å². The van der Waals surface area contributed by atoms with Gasteiger partial charge in [-0.15, -0.1) is 13.2 Å². The summed E-state index contributed by atoms with van der Waals surface area (Å²) in [5.41, 5.74) is 0. The van der Waals surface area contributed by atoms with Crippen molar-refractivity contribution in [2.24, 2.45) is 0 Å². The Balaban J connectivity index is 1.84. The van der Waals surface area contributed by atoms with Crippen LogP contribution in [0.2, 0.25) is 0 Å². The van der Waals surface area contributed by atoms with E-state index in [-0.39, 0.29) is 18.0 Å². The van der Waals surface area contributed by atoms with Crippen molar-refractivity contribution in [2.75, 3.05) is 13.2 Å². The van der Waals surface area contributed by atoms with Crippen LogP contribution < -0.4 is 14.2 Å². The molecule has 0 aromatic heterocycles. The van der Waals surface area contributed by atoms with E-state index in [4.69, 9.17) is 4.74 Å². The van der Waals surface area contributed by atoms with Crippen molar-refractivity contribution in [3.8, 4) is 23.3 Å². The maximum absolute atomic E-state index is 12.1. The molecular weight excluding hydrogens is 451 g/mol. The van der Waals surface area contributed by atoms with E-state index in [1.165, 1.54) is 0 Å². The summed E-state index contributed by atoms with van der Waals surface area (Å²) >= 11 is 3.30. The molecule has 2 aromatic rings. The smallest absolute Gasteiger partial charge is 0.481 e. The van der Waals surface area contributed by atoms with E-state index in [0.717, 1.165) is 28.7 Å². The molecule has 0 spiro atoms. The molecular formula is C17H13BrF3NO4S. The quantitative estimate of drug-likeness (QED) is 0.663. The van der Waals surface area contributed by atoms with Crippen LogP contribution in [0.1, 0.15) is 0 Å². The third-order valence-electron chi connectivity index (χ3n) is 2.95. The van der Waals surface area contributed by atoms with Crippen molar-refractivity contribution >= 4 is 26.0 Å². The molecule has 5 nitrogen and oxygen atoms in total. The molecule has 0 amide bonds. The van der Waals surface area contributed by atoms with Crippen LogP contribution in [0.3, 0.4) is 0 Å². The number of hydrogen-bond acceptors (Lipinski definition) is 4. The van der Waals surface area contributed by atoms with Crippen molar-refractivity contribution in [3.05, 3.63) is 53.0 Å². The summed E-state index contributed by atoms with van der Waals surface area (Å²) in [6, 6.07) is 11.0. The zero-order chi connectivity index (χ0) is 19.9. The van der Waals surface area contributed by atoms with Gasteiger partial charge in [-0.05, 0) is 42.5 Å². The summed E-state index contributed by atoms with van der Waals surface area (Å²) in [6.07, 6.45) is -4.84. The minimum atomic E-state index is -4.84. The molecule has 10 heteroatoms. The fraction of sp³-hybridized carbons (Fsp3) is 0.176. The first kappa shape index (κ1) is 21.1. The van der Waals surface area contributed by atoms with E-state index < -0.39 is 22.1 Å². The Morgan fingerprint density at radius 1 is 1.04 bits per heavy atom. The highest BCUT2D eigenvalue weighted by molar-refractivity contribution is 9.10. The van der Waals surface area contributed by atoms with E-state index in [0.29, 0.717) is 5.75 Å². The Labute approximate surface area is 162 Å². The van der Waals surface area contributed by atoms with Crippen LogP contribution in [0.15, 0.2) is 57.9 Å². The van der Waals surface area contributed by atoms with Crippen molar-refractivity contribution < 1.29 is 31.1 Å². The van der Waals surface area contributed by atoms with Crippen LogP contribution in [0, 0.1) is 11.8 Å². The molecule has 27 heavy (non-hydrogen) atoms. The van der Waals surface area contributed by atoms with E-state index in [1.807, 2.05) is 6.07 Å². The molecule has 0 saturated carbocycles. The number of sulfonamides is 1. The van der Waals surface area contributed by atoms with Crippen LogP contribution in [0.5, 0.6) is 11.5 Å². The summed E-state index contributed by atoms with van der Waals surface area (Å²) in [4.78, 5) is -0.204. The normalized spacial score (nSPS) is 11.4. The molecule has 144 valence electrons. The topological polar surface area (TPSA) is 64.6 Å². The average molecular weight is 464 g/mol. The number of rotatable bonds is 6. The standard InChI is InChI=1S/C17H13BrF3NO4S/c18-13-4-3-5-15(12-13)25-11-2-1-10-22-27(23,24)16-8-6-14(7-9-16)26-17(19,20)21/h3-9,12,22H,10-11H2. The second-order valence-electron chi connectivity index (χ2n) is 4.94. The van der Waals surface area contributed by atoms with E-state index in [9.17, 15) is 21.6 Å². The van der Waals surface area contributed by atoms with Gasteiger partial charge in [-0.2, -0.15) is 4.72 Å². The van der Waals surface area contributed by atoms with Crippen molar-refractivity contribution in [1.29, 1.82) is 0 Å². The Morgan fingerprint density at radius 2 is 1.74 bits per heavy atom. The Bertz CT molecular complexity index is 935. The van der Waals surface area contributed by atoms with Crippen LogP contribution in [-0.2, 0) is 10.0 Å². The van der Waals surface area contributed by atoms with Gasteiger partial charge in [0.05, 0.1) is 11.4 Å². The van der Waals surface area contributed by atoms with Gasteiger partial charge < -0.3 is 9.47 Å². The van der Waals surface area contributed by atoms with Gasteiger partial charge in [0.2, 0.25) is 10.0 Å². The molecule has 0 heterocycles. The molecule has 0 radical (unpaired) electrons. The Kier molecular flexibility index (Phi) is 7.12. The molecule has 0 saturated heterocycles. The third-order valence-corrected chi connectivity index (χ3v) is 4.86. The van der Waals surface area contributed by atoms with Crippen LogP contribution >= 0.6 is 15.9 Å². The van der Waals surface area contributed by atoms with Gasteiger partial charge in [0.25, 0.3) is 0 Å². The van der Waals surface area contributed by atoms with Gasteiger partial charge in [0.1, 0.15) is 18.1 Å². The lowest BCUT2D eigenvalue weighted by Crippen LogP contribution is -2.24. The van der Waals surface area contributed by atoms with Crippen molar-refractivity contribution in [1.82, 2.24) is 4.72 Å². The summed E-state index contributed by atoms with van der Waals surface area (Å²) < 4.78 is 72.5. The molecule has 0 unspecified atom stereocenters. The number of ether oxygens (including phenoxy) is 2. The van der Waals surface area contributed by atoms with Gasteiger partial charge >= 0.3 is 6.36 Å². The lowest BCUT2D eigenvalue weighted by molar-refractivity contribution is -0.274. The minimum Gasteiger partial charge on any atom is -0.481 e. The number of benzene rings is 2. The zero-order valence-corrected chi connectivity index (χ0v) is 16.0. The van der Waals surface area contributed by atoms with Gasteiger partial charge in [-0.25, -0.2) is 8.42 Å². The van der Waals surface area contributed by atoms with E-state index in [2.05, 4.69) is 37.2 Å². The number of nitrogens with one attached hydrogen (secondary N) is 1. The first-order valence-corrected chi connectivity index (χ1v) is 9.63. The zero-order valence-electron chi connectivity index (χ0n) is 13.6. The monoisotopic (exact) mass is 463 g/mol. The second-order valence-corrected chi connectivity index (χ2v) is 7.63. The average Bonchev–Trinajstić information content (AvgIpc) is 2.57. The molecule has 0 bridgehead atoms. The number of halogens is 4. The second kappa shape index (κ2) is 9.12. The minimum absolute atomic E-state index is 0.0711. The highest BCUT2D eigenvalue weighted by atomic mass is 79.9. The molecule has 1 N–H and O–H groups in total. The summed E-state index contributed by atoms with van der Waals surface area (Å²) in [6.45, 7) is -0.105. The highest BCUT2D eigenvalue weighted by Crippen LogP contribution is 2.23. The molecule has 2 rings (SSSR count). The SMILES string of the molecule is O=S(=O)(NCC#CCOc1cccc(Br)c1)c1ccc(OC(F)(F)F)cc1. The summed E-state index contributed by atoms with van der Waals surface area (Å²) in [5, 5.41) is 0. The van der Waals surface area contributed by atoms with Gasteiger partial charge in [-0.3, -0.25) is 0 Å². The molecule has 0 aliphatic heterocycles. The largest absolute Gasteiger partial charge is 0.573 e. The molecule has 2 aromatic carbocycles. The lowest BCUT2D eigenvalue weighted by Gasteiger charge is -2.09. The van der Waals surface area contributed by atoms with Crippen LogP contribution in [-0.4, -0.2) is 27.9 Å². The molecule has 0 aliphatic rings. The van der Waals surface area contributed by atoms with Gasteiger partial charge in [0.15, 0.2) is 0 Å². The van der Waals surface area contributed by atoms with Crippen molar-refractivity contribution in [2.45, 2.75) is 11.3 Å². The number of hydrogen-bond donors (Lipinski definition) is 1. The van der Waals surface area contributed by atoms with Crippen LogP contribution in [0.25, 0.3) is 0 Å². The molecule has 0 aliphatic carbocycles. The first-order valence-electron chi connectivity index (χ1n) is 7.35. The Morgan fingerprint density at radius 3 is 2.37 bits per heavy atom. The number of alkyl halides is 3. The maximum atomic E-state index is 12.1. The Hall–Kier alpha value is -2.22. The van der Waals surface area contributed by atoms with E-state index >= 15 is 0 Å². The highest BCUT2D eigenvalue weighted by Gasteiger charge is 2.31. The van der Waals surface area contributed by atoms with Crippen molar-refractivity contribution in [3.63, 3.8) is 0 Å². The molecule has 0 fully saturated rings. The summed E-state index contributed by atoms with van der Waals surface area (Å²) in [7, 11) is -3.90. The summed E-state index contributed by atoms with van der Waals surface area (Å²) in [5.74, 6) is 5.34. The maximum Gasteiger partial charge on any atom is 0.573 e.